The molecule has 1 amide bonds. The van der Waals surface area contributed by atoms with Crippen molar-refractivity contribution in [3.05, 3.63) is 29.3 Å². The lowest BCUT2D eigenvalue weighted by molar-refractivity contribution is -0.141. The van der Waals surface area contributed by atoms with Crippen molar-refractivity contribution >= 4 is 17.6 Å². The van der Waals surface area contributed by atoms with Crippen molar-refractivity contribution in [2.75, 3.05) is 11.4 Å². The van der Waals surface area contributed by atoms with E-state index in [0.717, 1.165) is 17.0 Å². The number of rotatable bonds is 2. The third-order valence-corrected chi connectivity index (χ3v) is 3.30. The number of hydrogen-bond acceptors (Lipinski definition) is 2. The molecule has 1 heterocycles. The van der Waals surface area contributed by atoms with E-state index in [1.54, 1.807) is 6.92 Å². The van der Waals surface area contributed by atoms with Gasteiger partial charge in [-0.25, -0.2) is 0 Å². The van der Waals surface area contributed by atoms with Crippen LogP contribution < -0.4 is 4.90 Å². The Balaban J connectivity index is 2.38. The molecule has 108 valence electrons. The Hall–Kier alpha value is -2.05. The Kier molecular flexibility index (Phi) is 3.45. The van der Waals surface area contributed by atoms with Gasteiger partial charge in [0.15, 0.2) is 0 Å². The fraction of sp³-hybridized carbons (Fsp3) is 0.385. The minimum absolute atomic E-state index is 0.101. The average molecular weight is 287 g/mol. The summed E-state index contributed by atoms with van der Waals surface area (Å²) in [5.41, 5.74) is -0.240. The van der Waals surface area contributed by atoms with E-state index < -0.39 is 29.5 Å². The zero-order valence-electron chi connectivity index (χ0n) is 10.6. The molecule has 1 N–H and O–H groups in total. The van der Waals surface area contributed by atoms with Gasteiger partial charge in [0.25, 0.3) is 0 Å². The van der Waals surface area contributed by atoms with Crippen molar-refractivity contribution in [1.82, 2.24) is 0 Å². The number of halogens is 3. The highest BCUT2D eigenvalue weighted by atomic mass is 19.4. The van der Waals surface area contributed by atoms with Gasteiger partial charge in [-0.2, -0.15) is 13.2 Å². The van der Waals surface area contributed by atoms with E-state index >= 15 is 0 Å². The Labute approximate surface area is 112 Å². The molecule has 1 aromatic carbocycles. The highest BCUT2D eigenvalue weighted by Gasteiger charge is 2.37. The number of carboxylic acid groups (broad SMARTS) is 1. The van der Waals surface area contributed by atoms with Gasteiger partial charge in [-0.05, 0) is 24.6 Å². The minimum atomic E-state index is -4.50. The van der Waals surface area contributed by atoms with Crippen molar-refractivity contribution in [2.24, 2.45) is 5.92 Å². The first-order valence-corrected chi connectivity index (χ1v) is 5.91. The number of hydrogen-bond donors (Lipinski definition) is 1. The van der Waals surface area contributed by atoms with E-state index in [2.05, 4.69) is 0 Å². The van der Waals surface area contributed by atoms with Gasteiger partial charge in [0.05, 0.1) is 11.5 Å². The second-order valence-electron chi connectivity index (χ2n) is 4.74. The molecule has 1 aliphatic heterocycles. The Bertz CT molecular complexity index is 568. The van der Waals surface area contributed by atoms with Crippen LogP contribution >= 0.6 is 0 Å². The average Bonchev–Trinajstić information content (AvgIpc) is 2.70. The third kappa shape index (κ3) is 2.61. The van der Waals surface area contributed by atoms with Gasteiger partial charge in [0, 0.05) is 18.7 Å². The fourth-order valence-corrected chi connectivity index (χ4v) is 2.18. The molecule has 1 saturated heterocycles. The summed E-state index contributed by atoms with van der Waals surface area (Å²) in [5, 5.41) is 8.89. The number of anilines is 1. The molecular weight excluding hydrogens is 275 g/mol. The number of amides is 1. The largest absolute Gasteiger partial charge is 0.481 e. The van der Waals surface area contributed by atoms with Gasteiger partial charge < -0.3 is 10.0 Å². The second-order valence-corrected chi connectivity index (χ2v) is 4.74. The van der Waals surface area contributed by atoms with Crippen molar-refractivity contribution in [1.29, 1.82) is 0 Å². The summed E-state index contributed by atoms with van der Waals surface area (Å²) in [6, 6.07) is 3.10. The van der Waals surface area contributed by atoms with Gasteiger partial charge in [0.1, 0.15) is 0 Å². The number of carboxylic acids is 1. The smallest absolute Gasteiger partial charge is 0.416 e. The van der Waals surface area contributed by atoms with Crippen LogP contribution in [0.15, 0.2) is 18.2 Å². The molecule has 0 bridgehead atoms. The number of alkyl halides is 3. The monoisotopic (exact) mass is 287 g/mol. The highest BCUT2D eigenvalue weighted by Crippen LogP contribution is 2.35. The van der Waals surface area contributed by atoms with Gasteiger partial charge >= 0.3 is 12.1 Å². The van der Waals surface area contributed by atoms with Crippen molar-refractivity contribution in [2.45, 2.75) is 19.5 Å². The standard InChI is InChI=1S/C13H12F3NO3/c1-7-2-3-9(13(14,15)16)5-10(7)17-6-8(12(19)20)4-11(17)18/h2-3,5,8H,4,6H2,1H3,(H,19,20). The molecule has 0 radical (unpaired) electrons. The molecule has 1 unspecified atom stereocenters. The molecule has 0 aromatic heterocycles. The molecule has 0 aliphatic carbocycles. The molecule has 7 heteroatoms. The van der Waals surface area contributed by atoms with E-state index in [4.69, 9.17) is 5.11 Å². The van der Waals surface area contributed by atoms with Crippen LogP contribution in [-0.2, 0) is 15.8 Å². The Morgan fingerprint density at radius 3 is 2.55 bits per heavy atom. The maximum atomic E-state index is 12.7. The molecule has 20 heavy (non-hydrogen) atoms. The lowest BCUT2D eigenvalue weighted by Gasteiger charge is -2.20. The first-order valence-electron chi connectivity index (χ1n) is 5.91. The zero-order valence-corrected chi connectivity index (χ0v) is 10.6. The molecule has 0 saturated carbocycles. The van der Waals surface area contributed by atoms with Crippen molar-refractivity contribution in [3.63, 3.8) is 0 Å². The molecular formula is C13H12F3NO3. The van der Waals surface area contributed by atoms with Crippen LogP contribution in [0.5, 0.6) is 0 Å². The van der Waals surface area contributed by atoms with E-state index in [1.807, 2.05) is 0 Å². The summed E-state index contributed by atoms with van der Waals surface area (Å²) in [6.07, 6.45) is -4.69. The summed E-state index contributed by atoms with van der Waals surface area (Å²) in [6.45, 7) is 1.48. The fourth-order valence-electron chi connectivity index (χ4n) is 2.18. The summed E-state index contributed by atoms with van der Waals surface area (Å²) in [5.74, 6) is -2.47. The van der Waals surface area contributed by atoms with Crippen LogP contribution in [0.4, 0.5) is 18.9 Å². The predicted molar refractivity (Wildman–Crippen MR) is 64.3 cm³/mol. The molecule has 4 nitrogen and oxygen atoms in total. The van der Waals surface area contributed by atoms with Gasteiger partial charge in [-0.15, -0.1) is 0 Å². The first kappa shape index (κ1) is 14.4. The van der Waals surface area contributed by atoms with Crippen LogP contribution in [0.25, 0.3) is 0 Å². The molecule has 1 aromatic rings. The minimum Gasteiger partial charge on any atom is -0.481 e. The first-order chi connectivity index (χ1) is 9.20. The van der Waals surface area contributed by atoms with E-state index in [0.29, 0.717) is 5.56 Å². The quantitative estimate of drug-likeness (QED) is 0.909. The summed E-state index contributed by atoms with van der Waals surface area (Å²) in [7, 11) is 0. The maximum Gasteiger partial charge on any atom is 0.416 e. The van der Waals surface area contributed by atoms with Gasteiger partial charge in [-0.3, -0.25) is 9.59 Å². The molecule has 0 spiro atoms. The predicted octanol–water partition coefficient (Wildman–Crippen LogP) is 2.45. The normalized spacial score (nSPS) is 19.5. The van der Waals surface area contributed by atoms with Crippen LogP contribution in [-0.4, -0.2) is 23.5 Å². The number of aliphatic carboxylic acids is 1. The topological polar surface area (TPSA) is 57.6 Å². The Morgan fingerprint density at radius 1 is 1.40 bits per heavy atom. The van der Waals surface area contributed by atoms with E-state index in [-0.39, 0.29) is 18.7 Å². The van der Waals surface area contributed by atoms with Crippen LogP contribution in [0, 0.1) is 12.8 Å². The summed E-state index contributed by atoms with van der Waals surface area (Å²) in [4.78, 5) is 23.8. The van der Waals surface area contributed by atoms with Gasteiger partial charge in [0.2, 0.25) is 5.91 Å². The van der Waals surface area contributed by atoms with Crippen LogP contribution in [0.3, 0.4) is 0 Å². The third-order valence-electron chi connectivity index (χ3n) is 3.30. The van der Waals surface area contributed by atoms with E-state index in [1.165, 1.54) is 6.07 Å². The zero-order chi connectivity index (χ0) is 15.1. The van der Waals surface area contributed by atoms with Crippen molar-refractivity contribution in [3.8, 4) is 0 Å². The molecule has 1 atom stereocenters. The molecule has 1 fully saturated rings. The number of carbonyl (C=O) groups is 2. The highest BCUT2D eigenvalue weighted by molar-refractivity contribution is 5.99. The SMILES string of the molecule is Cc1ccc(C(F)(F)F)cc1N1CC(C(=O)O)CC1=O. The van der Waals surface area contributed by atoms with Gasteiger partial charge in [-0.1, -0.05) is 6.07 Å². The van der Waals surface area contributed by atoms with Crippen molar-refractivity contribution < 1.29 is 27.9 Å². The summed E-state index contributed by atoms with van der Waals surface area (Å²) < 4.78 is 38.1. The van der Waals surface area contributed by atoms with E-state index in [9.17, 15) is 22.8 Å². The maximum absolute atomic E-state index is 12.7. The number of benzene rings is 1. The lowest BCUT2D eigenvalue weighted by atomic mass is 10.1. The molecule has 1 aliphatic rings. The second kappa shape index (κ2) is 4.81. The number of carbonyl (C=O) groups excluding carboxylic acids is 1. The van der Waals surface area contributed by atoms with Crippen LogP contribution in [0.2, 0.25) is 0 Å². The number of nitrogens with zero attached hydrogens (tertiary/aromatic N) is 1. The molecule has 2 rings (SSSR count). The van der Waals surface area contributed by atoms with Crippen LogP contribution in [0.1, 0.15) is 17.5 Å². The Morgan fingerprint density at radius 2 is 2.05 bits per heavy atom. The lowest BCUT2D eigenvalue weighted by Crippen LogP contribution is -2.27. The summed E-state index contributed by atoms with van der Waals surface area (Å²) >= 11 is 0. The number of aryl methyl sites for hydroxylation is 1.